The summed E-state index contributed by atoms with van der Waals surface area (Å²) >= 11 is 0. The van der Waals surface area contributed by atoms with Gasteiger partial charge in [-0.15, -0.1) is 0 Å². The first-order chi connectivity index (χ1) is 18.7. The molecule has 0 aliphatic heterocycles. The van der Waals surface area contributed by atoms with Gasteiger partial charge in [-0.05, 0) is 84.7 Å². The van der Waals surface area contributed by atoms with E-state index in [-0.39, 0.29) is 18.6 Å². The van der Waals surface area contributed by atoms with E-state index in [4.69, 9.17) is 9.47 Å². The number of hydrogen-bond donors (Lipinski definition) is 2. The van der Waals surface area contributed by atoms with Crippen molar-refractivity contribution in [3.63, 3.8) is 0 Å². The Kier molecular flexibility index (Phi) is 9.67. The van der Waals surface area contributed by atoms with Crippen molar-refractivity contribution in [2.45, 2.75) is 114 Å². The summed E-state index contributed by atoms with van der Waals surface area (Å²) in [6.07, 6.45) is 18.9. The molecule has 2 aromatic carbocycles. The SMILES string of the molecule is OCCOc1ccc(C2(c3ccc(OCCO)c(C4CCCCC4)c3)CCCCC2)cc1C1CCCCC1. The lowest BCUT2D eigenvalue weighted by Crippen LogP contribution is -2.31. The second kappa shape index (κ2) is 13.3. The van der Waals surface area contributed by atoms with E-state index in [0.717, 1.165) is 11.5 Å². The van der Waals surface area contributed by atoms with Crippen molar-refractivity contribution in [2.75, 3.05) is 26.4 Å². The average molecular weight is 521 g/mol. The van der Waals surface area contributed by atoms with Crippen LogP contribution in [0.2, 0.25) is 0 Å². The van der Waals surface area contributed by atoms with Crippen molar-refractivity contribution >= 4 is 0 Å². The van der Waals surface area contributed by atoms with Crippen LogP contribution < -0.4 is 9.47 Å². The molecule has 5 rings (SSSR count). The molecular weight excluding hydrogens is 472 g/mol. The van der Waals surface area contributed by atoms with E-state index >= 15 is 0 Å². The Labute approximate surface area is 229 Å². The molecular formula is C34H48O4. The third-order valence-electron chi connectivity index (χ3n) is 9.62. The predicted molar refractivity (Wildman–Crippen MR) is 154 cm³/mol. The summed E-state index contributed by atoms with van der Waals surface area (Å²) < 4.78 is 12.2. The van der Waals surface area contributed by atoms with Crippen molar-refractivity contribution in [1.82, 2.24) is 0 Å². The number of aliphatic hydroxyl groups is 2. The van der Waals surface area contributed by atoms with Crippen LogP contribution >= 0.6 is 0 Å². The van der Waals surface area contributed by atoms with Gasteiger partial charge in [0, 0.05) is 5.41 Å². The molecule has 0 aromatic heterocycles. The summed E-state index contributed by atoms with van der Waals surface area (Å²) in [5.74, 6) is 3.03. The first-order valence-electron chi connectivity index (χ1n) is 15.5. The molecule has 4 heteroatoms. The highest BCUT2D eigenvalue weighted by Gasteiger charge is 2.37. The summed E-state index contributed by atoms with van der Waals surface area (Å²) in [5, 5.41) is 18.9. The molecule has 0 unspecified atom stereocenters. The fourth-order valence-electron chi connectivity index (χ4n) is 7.63. The second-order valence-electron chi connectivity index (χ2n) is 12.0. The minimum absolute atomic E-state index is 0.0100. The largest absolute Gasteiger partial charge is 0.491 e. The van der Waals surface area contributed by atoms with E-state index in [1.165, 1.54) is 119 Å². The predicted octanol–water partition coefficient (Wildman–Crippen LogP) is 7.77. The van der Waals surface area contributed by atoms with Crippen molar-refractivity contribution < 1.29 is 19.7 Å². The van der Waals surface area contributed by atoms with E-state index in [9.17, 15) is 10.2 Å². The maximum atomic E-state index is 9.44. The molecule has 2 N–H and O–H groups in total. The Balaban J connectivity index is 1.57. The monoisotopic (exact) mass is 520 g/mol. The van der Waals surface area contributed by atoms with Crippen LogP contribution in [0.15, 0.2) is 36.4 Å². The van der Waals surface area contributed by atoms with Crippen molar-refractivity contribution in [1.29, 1.82) is 0 Å². The normalized spacial score (nSPS) is 20.8. The van der Waals surface area contributed by atoms with Crippen LogP contribution in [0.5, 0.6) is 11.5 Å². The molecule has 3 saturated carbocycles. The van der Waals surface area contributed by atoms with Gasteiger partial charge in [-0.3, -0.25) is 0 Å². The quantitative estimate of drug-likeness (QED) is 0.336. The van der Waals surface area contributed by atoms with Crippen molar-refractivity contribution in [3.05, 3.63) is 58.7 Å². The van der Waals surface area contributed by atoms with Gasteiger partial charge in [0.2, 0.25) is 0 Å². The highest BCUT2D eigenvalue weighted by Crippen LogP contribution is 2.49. The Morgan fingerprint density at radius 2 is 1.00 bits per heavy atom. The maximum absolute atomic E-state index is 9.44. The first kappa shape index (κ1) is 27.5. The molecule has 0 atom stereocenters. The zero-order valence-electron chi connectivity index (χ0n) is 23.3. The molecule has 0 saturated heterocycles. The summed E-state index contributed by atoms with van der Waals surface area (Å²) in [5.41, 5.74) is 5.60. The Hall–Kier alpha value is -2.04. The number of benzene rings is 2. The van der Waals surface area contributed by atoms with Crippen LogP contribution in [0.1, 0.15) is 130 Å². The van der Waals surface area contributed by atoms with E-state index in [2.05, 4.69) is 36.4 Å². The zero-order chi connectivity index (χ0) is 26.2. The zero-order valence-corrected chi connectivity index (χ0v) is 23.3. The summed E-state index contributed by atoms with van der Waals surface area (Å²) in [6.45, 7) is 0.795. The highest BCUT2D eigenvalue weighted by molar-refractivity contribution is 5.50. The molecule has 2 aromatic rings. The fraction of sp³-hybridized carbons (Fsp3) is 0.647. The van der Waals surface area contributed by atoms with E-state index in [1.54, 1.807) is 0 Å². The molecule has 38 heavy (non-hydrogen) atoms. The van der Waals surface area contributed by atoms with Crippen LogP contribution in [0.3, 0.4) is 0 Å². The molecule has 0 spiro atoms. The van der Waals surface area contributed by atoms with Crippen LogP contribution in [0.25, 0.3) is 0 Å². The van der Waals surface area contributed by atoms with Gasteiger partial charge in [-0.1, -0.05) is 82.1 Å². The molecule has 4 nitrogen and oxygen atoms in total. The summed E-state index contributed by atoms with van der Waals surface area (Å²) in [4.78, 5) is 0. The van der Waals surface area contributed by atoms with Crippen molar-refractivity contribution in [2.24, 2.45) is 0 Å². The number of ether oxygens (including phenoxy) is 2. The molecule has 0 heterocycles. The smallest absolute Gasteiger partial charge is 0.122 e. The molecule has 208 valence electrons. The van der Waals surface area contributed by atoms with Gasteiger partial charge in [0.05, 0.1) is 13.2 Å². The van der Waals surface area contributed by atoms with E-state index < -0.39 is 0 Å². The average Bonchev–Trinajstić information content (AvgIpc) is 3.00. The standard InChI is InChI=1S/C34H48O4/c35-20-22-37-32-16-14-28(24-30(32)26-10-4-1-5-11-26)34(18-8-3-9-19-34)29-15-17-33(38-23-21-36)31(25-29)27-12-6-2-7-13-27/h14-17,24-27,35-36H,1-13,18-23H2. The van der Waals surface area contributed by atoms with Gasteiger partial charge in [0.15, 0.2) is 0 Å². The molecule has 3 fully saturated rings. The third kappa shape index (κ3) is 6.07. The van der Waals surface area contributed by atoms with Crippen LogP contribution in [-0.4, -0.2) is 36.6 Å². The highest BCUT2D eigenvalue weighted by atomic mass is 16.5. The van der Waals surface area contributed by atoms with Gasteiger partial charge in [-0.25, -0.2) is 0 Å². The minimum Gasteiger partial charge on any atom is -0.491 e. The lowest BCUT2D eigenvalue weighted by atomic mass is 9.64. The van der Waals surface area contributed by atoms with Gasteiger partial charge in [-0.2, -0.15) is 0 Å². The maximum Gasteiger partial charge on any atom is 0.122 e. The van der Waals surface area contributed by atoms with Gasteiger partial charge >= 0.3 is 0 Å². The van der Waals surface area contributed by atoms with Gasteiger partial charge in [0.25, 0.3) is 0 Å². The molecule has 0 radical (unpaired) electrons. The van der Waals surface area contributed by atoms with Gasteiger partial charge in [0.1, 0.15) is 24.7 Å². The summed E-state index contributed by atoms with van der Waals surface area (Å²) in [6, 6.07) is 14.0. The Morgan fingerprint density at radius 3 is 1.42 bits per heavy atom. The van der Waals surface area contributed by atoms with Crippen molar-refractivity contribution in [3.8, 4) is 11.5 Å². The topological polar surface area (TPSA) is 58.9 Å². The van der Waals surface area contributed by atoms with Gasteiger partial charge < -0.3 is 19.7 Å². The minimum atomic E-state index is 0.0100. The second-order valence-corrected chi connectivity index (χ2v) is 12.0. The first-order valence-corrected chi connectivity index (χ1v) is 15.5. The van der Waals surface area contributed by atoms with Crippen LogP contribution in [0, 0.1) is 0 Å². The fourth-order valence-corrected chi connectivity index (χ4v) is 7.63. The van der Waals surface area contributed by atoms with E-state index in [1.807, 2.05) is 0 Å². The molecule has 3 aliphatic carbocycles. The summed E-state index contributed by atoms with van der Waals surface area (Å²) in [7, 11) is 0. The number of hydrogen-bond acceptors (Lipinski definition) is 4. The lowest BCUT2D eigenvalue weighted by Gasteiger charge is -2.40. The molecule has 0 bridgehead atoms. The Bertz CT molecular complexity index is 938. The Morgan fingerprint density at radius 1 is 0.579 bits per heavy atom. The number of rotatable bonds is 10. The molecule has 0 amide bonds. The lowest BCUT2D eigenvalue weighted by molar-refractivity contribution is 0.199. The number of aliphatic hydroxyl groups excluding tert-OH is 2. The third-order valence-corrected chi connectivity index (χ3v) is 9.62. The van der Waals surface area contributed by atoms with Crippen LogP contribution in [-0.2, 0) is 5.41 Å². The van der Waals surface area contributed by atoms with E-state index in [0.29, 0.717) is 25.0 Å². The molecule has 3 aliphatic rings. The van der Waals surface area contributed by atoms with Crippen LogP contribution in [0.4, 0.5) is 0 Å².